The van der Waals surface area contributed by atoms with Crippen LogP contribution in [0.15, 0.2) is 24.3 Å². The van der Waals surface area contributed by atoms with Crippen LogP contribution in [0, 0.1) is 20.8 Å². The van der Waals surface area contributed by atoms with Crippen molar-refractivity contribution in [1.82, 2.24) is 5.32 Å². The van der Waals surface area contributed by atoms with Crippen LogP contribution in [0.5, 0.6) is 0 Å². The van der Waals surface area contributed by atoms with E-state index in [4.69, 9.17) is 4.74 Å². The first kappa shape index (κ1) is 29.5. The second kappa shape index (κ2) is 12.5. The maximum atomic E-state index is 13.2. The topological polar surface area (TPSA) is 125 Å². The lowest BCUT2D eigenvalue weighted by atomic mass is 10.0. The molecular formula is C25H33N2O7S2-. The summed E-state index contributed by atoms with van der Waals surface area (Å²) in [7, 11) is 1.31. The average Bonchev–Trinajstić information content (AvgIpc) is 3.23. The molecule has 198 valence electrons. The van der Waals surface area contributed by atoms with Gasteiger partial charge in [0.05, 0.1) is 30.6 Å². The van der Waals surface area contributed by atoms with Crippen LogP contribution < -0.4 is 9.62 Å². The summed E-state index contributed by atoms with van der Waals surface area (Å²) in [6.07, 6.45) is 0.623. The Bertz CT molecular complexity index is 1110. The number of nitrogens with one attached hydrogen (secondary N) is 1. The van der Waals surface area contributed by atoms with Crippen molar-refractivity contribution in [3.8, 4) is 0 Å². The lowest BCUT2D eigenvalue weighted by Crippen LogP contribution is -2.52. The van der Waals surface area contributed by atoms with Crippen molar-refractivity contribution in [3.63, 3.8) is 0 Å². The quantitative estimate of drug-likeness (QED) is 0.363. The molecule has 0 spiro atoms. The zero-order valence-corrected chi connectivity index (χ0v) is 23.3. The molecule has 0 bridgehead atoms. The number of hydrogen-bond acceptors (Lipinski definition) is 8. The molecule has 1 aromatic carbocycles. The fourth-order valence-electron chi connectivity index (χ4n) is 3.72. The molecule has 1 aromatic heterocycles. The lowest BCUT2D eigenvalue weighted by molar-refractivity contribution is -0.156. The summed E-state index contributed by atoms with van der Waals surface area (Å²) >= 11 is -1.62. The highest BCUT2D eigenvalue weighted by Gasteiger charge is 2.34. The Hall–Kier alpha value is -2.76. The van der Waals surface area contributed by atoms with Crippen LogP contribution in [0.1, 0.15) is 58.4 Å². The van der Waals surface area contributed by atoms with Gasteiger partial charge in [0.2, 0.25) is 0 Å². The largest absolute Gasteiger partial charge is 0.755 e. The van der Waals surface area contributed by atoms with Crippen molar-refractivity contribution in [1.29, 1.82) is 0 Å². The second-order valence-corrected chi connectivity index (χ2v) is 11.4. The number of benzene rings is 1. The molecule has 36 heavy (non-hydrogen) atoms. The molecule has 1 heterocycles. The number of anilines is 1. The summed E-state index contributed by atoms with van der Waals surface area (Å²) < 4.78 is 36.0. The number of amides is 1. The van der Waals surface area contributed by atoms with Crippen molar-refractivity contribution in [2.45, 2.75) is 66.0 Å². The number of carbonyl (C=O) groups excluding carboxylic acids is 3. The molecule has 2 aromatic rings. The van der Waals surface area contributed by atoms with E-state index in [2.05, 4.69) is 10.1 Å². The van der Waals surface area contributed by atoms with E-state index >= 15 is 0 Å². The minimum Gasteiger partial charge on any atom is -0.755 e. The van der Waals surface area contributed by atoms with Crippen LogP contribution in [-0.4, -0.2) is 51.9 Å². The van der Waals surface area contributed by atoms with Crippen LogP contribution in [0.3, 0.4) is 0 Å². The van der Waals surface area contributed by atoms with Gasteiger partial charge in [-0.1, -0.05) is 17.7 Å². The van der Waals surface area contributed by atoms with Gasteiger partial charge in [-0.2, -0.15) is 0 Å². The first-order chi connectivity index (χ1) is 16.7. The molecule has 0 aliphatic heterocycles. The molecule has 9 nitrogen and oxygen atoms in total. The molecule has 0 saturated heterocycles. The number of rotatable bonds is 10. The van der Waals surface area contributed by atoms with Gasteiger partial charge in [-0.05, 0) is 71.2 Å². The molecule has 1 N–H and O–H groups in total. The summed E-state index contributed by atoms with van der Waals surface area (Å²) in [5.74, 6) is -1.59. The highest BCUT2D eigenvalue weighted by molar-refractivity contribution is 7.80. The van der Waals surface area contributed by atoms with Gasteiger partial charge < -0.3 is 19.3 Å². The molecule has 2 unspecified atom stereocenters. The Morgan fingerprint density at radius 1 is 1.14 bits per heavy atom. The first-order valence-corrected chi connectivity index (χ1v) is 13.2. The first-order valence-electron chi connectivity index (χ1n) is 11.4. The third-order valence-electron chi connectivity index (χ3n) is 5.12. The second-order valence-electron chi connectivity index (χ2n) is 9.39. The number of nitrogens with zero attached hydrogens (tertiary/aromatic N) is 1. The third-order valence-corrected chi connectivity index (χ3v) is 7.02. The van der Waals surface area contributed by atoms with Gasteiger partial charge in [0.15, 0.2) is 6.04 Å². The van der Waals surface area contributed by atoms with E-state index < -0.39 is 34.8 Å². The number of methoxy groups -OCH3 is 1. The van der Waals surface area contributed by atoms with E-state index in [1.807, 2.05) is 19.1 Å². The lowest BCUT2D eigenvalue weighted by Gasteiger charge is -2.36. The fourth-order valence-corrected chi connectivity index (χ4v) is 5.45. The van der Waals surface area contributed by atoms with Crippen molar-refractivity contribution < 1.29 is 32.6 Å². The van der Waals surface area contributed by atoms with E-state index in [0.29, 0.717) is 28.1 Å². The maximum absolute atomic E-state index is 13.2. The number of thiophene rings is 1. The predicted octanol–water partition coefficient (Wildman–Crippen LogP) is 3.52. The molecule has 2 atom stereocenters. The molecule has 0 aliphatic carbocycles. The van der Waals surface area contributed by atoms with Gasteiger partial charge in [0.25, 0.3) is 5.91 Å². The van der Waals surface area contributed by atoms with Crippen molar-refractivity contribution >= 4 is 46.1 Å². The zero-order valence-electron chi connectivity index (χ0n) is 21.6. The number of hydrogen-bond donors (Lipinski definition) is 1. The summed E-state index contributed by atoms with van der Waals surface area (Å²) in [6.45, 7) is 10.2. The molecule has 0 radical (unpaired) electrons. The van der Waals surface area contributed by atoms with Gasteiger partial charge in [0.1, 0.15) is 5.60 Å². The van der Waals surface area contributed by atoms with Crippen molar-refractivity contribution in [2.24, 2.45) is 0 Å². The molecular weight excluding hydrogens is 504 g/mol. The van der Waals surface area contributed by atoms with E-state index in [1.54, 1.807) is 46.8 Å². The van der Waals surface area contributed by atoms with Gasteiger partial charge >= 0.3 is 11.9 Å². The highest BCUT2D eigenvalue weighted by atomic mass is 32.2. The Morgan fingerprint density at radius 3 is 2.28 bits per heavy atom. The average molecular weight is 538 g/mol. The molecule has 11 heteroatoms. The van der Waals surface area contributed by atoms with E-state index in [0.717, 1.165) is 14.7 Å². The van der Waals surface area contributed by atoms with Crippen LogP contribution in [0.2, 0.25) is 0 Å². The fraction of sp³-hybridized carbons (Fsp3) is 0.480. The Kier molecular flexibility index (Phi) is 10.2. The van der Waals surface area contributed by atoms with Gasteiger partial charge in [-0.3, -0.25) is 18.1 Å². The number of esters is 2. The van der Waals surface area contributed by atoms with Gasteiger partial charge in [-0.15, -0.1) is 11.3 Å². The summed E-state index contributed by atoms with van der Waals surface area (Å²) in [5.41, 5.74) is 1.79. The monoisotopic (exact) mass is 537 g/mol. The molecule has 2 rings (SSSR count). The standard InChI is InChI=1S/C25H34N2O7S2/c1-15-12-16(2)22(17(3)13-15)27(36(31)32)19(24(30)34-25(4,5)6)14-26-23(29)20-10-8-18(35-20)9-11-21(28)33-7/h8,10,12-13,19H,9,11,14H2,1-7H3,(H,26,29)(H,31,32)/p-1. The highest BCUT2D eigenvalue weighted by Crippen LogP contribution is 2.30. The molecule has 1 amide bonds. The SMILES string of the molecule is COC(=O)CCc1ccc(C(=O)NCC(C(=O)OC(C)(C)C)N(c2c(C)cc(C)cc2C)S(=O)[O-])s1. The maximum Gasteiger partial charge on any atom is 0.332 e. The summed E-state index contributed by atoms with van der Waals surface area (Å²) in [5, 5.41) is 2.67. The van der Waals surface area contributed by atoms with Gasteiger partial charge in [-0.25, -0.2) is 4.79 Å². The minimum atomic E-state index is -2.83. The van der Waals surface area contributed by atoms with E-state index in [1.165, 1.54) is 18.4 Å². The van der Waals surface area contributed by atoms with Crippen LogP contribution >= 0.6 is 11.3 Å². The number of carbonyl (C=O) groups is 3. The van der Waals surface area contributed by atoms with E-state index in [-0.39, 0.29) is 18.9 Å². The number of ether oxygens (including phenoxy) is 2. The Balaban J connectivity index is 2.32. The molecule has 0 fully saturated rings. The molecule has 0 saturated carbocycles. The normalized spacial score (nSPS) is 13.0. The Labute approximate surface area is 218 Å². The van der Waals surface area contributed by atoms with Crippen molar-refractivity contribution in [3.05, 3.63) is 50.7 Å². The third kappa shape index (κ3) is 8.14. The Morgan fingerprint density at radius 2 is 1.75 bits per heavy atom. The number of aryl methyl sites for hydroxylation is 4. The van der Waals surface area contributed by atoms with Crippen molar-refractivity contribution in [2.75, 3.05) is 18.0 Å². The minimum absolute atomic E-state index is 0.193. The predicted molar refractivity (Wildman–Crippen MR) is 139 cm³/mol. The van der Waals surface area contributed by atoms with Crippen LogP contribution in [-0.2, 0) is 36.8 Å². The van der Waals surface area contributed by atoms with Crippen LogP contribution in [0.25, 0.3) is 0 Å². The summed E-state index contributed by atoms with van der Waals surface area (Å²) in [6, 6.07) is 5.69. The smallest absolute Gasteiger partial charge is 0.332 e. The van der Waals surface area contributed by atoms with E-state index in [9.17, 15) is 23.1 Å². The zero-order chi connectivity index (χ0) is 27.2. The van der Waals surface area contributed by atoms with Crippen LogP contribution in [0.4, 0.5) is 5.69 Å². The van der Waals surface area contributed by atoms with Gasteiger partial charge in [0, 0.05) is 16.1 Å². The molecule has 0 aliphatic rings. The summed E-state index contributed by atoms with van der Waals surface area (Å²) in [4.78, 5) is 38.6.